The van der Waals surface area contributed by atoms with Crippen LogP contribution in [0.2, 0.25) is 15.1 Å². The zero-order chi connectivity index (χ0) is 34.3. The Hall–Kier alpha value is -3.38. The number of hydrogen-bond donors (Lipinski definition) is 1. The van der Waals surface area contributed by atoms with Crippen LogP contribution in [0.15, 0.2) is 59.5 Å². The number of hydrogen-bond acceptors (Lipinski definition) is 7. The quantitative estimate of drug-likeness (QED) is 0.196. The Morgan fingerprint density at radius 1 is 0.872 bits per heavy atom. The molecule has 0 aliphatic heterocycles. The van der Waals surface area contributed by atoms with E-state index in [1.54, 1.807) is 31.2 Å². The number of rotatable bonds is 14. The van der Waals surface area contributed by atoms with Gasteiger partial charge in [0.1, 0.15) is 18.3 Å². The zero-order valence-corrected chi connectivity index (χ0v) is 29.7. The van der Waals surface area contributed by atoms with Crippen LogP contribution in [0.5, 0.6) is 17.2 Å². The van der Waals surface area contributed by atoms with Gasteiger partial charge in [-0.25, -0.2) is 8.42 Å². The number of nitrogens with zero attached hydrogens (tertiary/aromatic N) is 2. The highest BCUT2D eigenvalue weighted by atomic mass is 35.5. The summed E-state index contributed by atoms with van der Waals surface area (Å²) in [5.74, 6) is -0.335. The molecule has 0 bridgehead atoms. The fourth-order valence-corrected chi connectivity index (χ4v) is 7.66. The average Bonchev–Trinajstić information content (AvgIpc) is 3.56. The number of benzene rings is 3. The molecule has 0 heterocycles. The lowest BCUT2D eigenvalue weighted by molar-refractivity contribution is -0.140. The van der Waals surface area contributed by atoms with Gasteiger partial charge in [0.05, 0.1) is 31.9 Å². The molecule has 1 fully saturated rings. The molecule has 0 radical (unpaired) electrons. The highest BCUT2D eigenvalue weighted by Gasteiger charge is 2.36. The van der Waals surface area contributed by atoms with E-state index in [9.17, 15) is 18.0 Å². The molecule has 14 heteroatoms. The Kier molecular flexibility index (Phi) is 12.5. The van der Waals surface area contributed by atoms with Gasteiger partial charge < -0.3 is 24.4 Å². The van der Waals surface area contributed by atoms with E-state index in [2.05, 4.69) is 5.32 Å². The van der Waals surface area contributed by atoms with Gasteiger partial charge in [0, 0.05) is 33.7 Å². The van der Waals surface area contributed by atoms with Gasteiger partial charge in [0.15, 0.2) is 11.5 Å². The standard InChI is InChI=1S/C33H38Cl3N3O7S/c1-5-27(33(41)37-24-8-6-7-9-24)38(19-21-10-11-22(34)16-26(21)36)32(40)20-39(28-17-23(35)12-14-29(28)44-2)47(42,43)25-13-15-30(45-3)31(18-25)46-4/h10-18,24,27H,5-9,19-20H2,1-4H3,(H,37,41)/t27-/m0/s1. The number of ether oxygens (including phenoxy) is 3. The predicted molar refractivity (Wildman–Crippen MR) is 184 cm³/mol. The molecule has 3 aromatic rings. The number of amides is 2. The Bertz CT molecular complexity index is 1700. The second kappa shape index (κ2) is 16.1. The smallest absolute Gasteiger partial charge is 0.265 e. The molecular weight excluding hydrogens is 689 g/mol. The molecule has 0 saturated heterocycles. The van der Waals surface area contributed by atoms with Gasteiger partial charge in [-0.1, -0.05) is 60.6 Å². The highest BCUT2D eigenvalue weighted by molar-refractivity contribution is 7.92. The van der Waals surface area contributed by atoms with E-state index in [1.807, 2.05) is 0 Å². The number of carbonyl (C=O) groups excluding carboxylic acids is 2. The van der Waals surface area contributed by atoms with Crippen LogP contribution >= 0.6 is 34.8 Å². The average molecular weight is 727 g/mol. The lowest BCUT2D eigenvalue weighted by Crippen LogP contribution is -2.53. The number of carbonyl (C=O) groups is 2. The molecule has 1 aliphatic rings. The molecule has 0 aromatic heterocycles. The summed E-state index contributed by atoms with van der Waals surface area (Å²) in [5, 5.41) is 4.00. The van der Waals surface area contributed by atoms with Crippen molar-refractivity contribution in [2.75, 3.05) is 32.2 Å². The molecule has 0 unspecified atom stereocenters. The largest absolute Gasteiger partial charge is 0.495 e. The van der Waals surface area contributed by atoms with Gasteiger partial charge in [-0.15, -0.1) is 0 Å². The topological polar surface area (TPSA) is 114 Å². The molecule has 4 rings (SSSR count). The molecule has 254 valence electrons. The fraction of sp³-hybridized carbons (Fsp3) is 0.394. The first kappa shape index (κ1) is 36.5. The number of sulfonamides is 1. The maximum Gasteiger partial charge on any atom is 0.265 e. The van der Waals surface area contributed by atoms with E-state index < -0.39 is 28.5 Å². The molecular formula is C33H38Cl3N3O7S. The predicted octanol–water partition coefficient (Wildman–Crippen LogP) is 6.73. The monoisotopic (exact) mass is 725 g/mol. The molecule has 1 aliphatic carbocycles. The maximum atomic E-state index is 14.5. The van der Waals surface area contributed by atoms with Crippen LogP contribution in [0.25, 0.3) is 0 Å². The van der Waals surface area contributed by atoms with Crippen LogP contribution in [-0.2, 0) is 26.2 Å². The second-order valence-corrected chi connectivity index (χ2v) is 14.2. The van der Waals surface area contributed by atoms with Crippen molar-refractivity contribution in [3.05, 3.63) is 75.2 Å². The van der Waals surface area contributed by atoms with Gasteiger partial charge in [0.2, 0.25) is 11.8 Å². The summed E-state index contributed by atoms with van der Waals surface area (Å²) in [4.78, 5) is 29.4. The minimum Gasteiger partial charge on any atom is -0.495 e. The van der Waals surface area contributed by atoms with Gasteiger partial charge in [0.25, 0.3) is 10.0 Å². The van der Waals surface area contributed by atoms with Crippen LogP contribution < -0.4 is 23.8 Å². The third-order valence-electron chi connectivity index (χ3n) is 8.07. The van der Waals surface area contributed by atoms with Gasteiger partial charge >= 0.3 is 0 Å². The normalized spacial score (nSPS) is 13.9. The minimum atomic E-state index is -4.48. The van der Waals surface area contributed by atoms with Crippen molar-refractivity contribution in [1.29, 1.82) is 0 Å². The molecule has 1 saturated carbocycles. The Morgan fingerprint density at radius 3 is 2.11 bits per heavy atom. The molecule has 2 amide bonds. The van der Waals surface area contributed by atoms with Crippen molar-refractivity contribution in [3.8, 4) is 17.2 Å². The van der Waals surface area contributed by atoms with Crippen molar-refractivity contribution in [2.45, 2.75) is 62.6 Å². The summed E-state index contributed by atoms with van der Waals surface area (Å²) < 4.78 is 45.9. The molecule has 10 nitrogen and oxygen atoms in total. The number of anilines is 1. The summed E-state index contributed by atoms with van der Waals surface area (Å²) in [6.07, 6.45) is 3.99. The van der Waals surface area contributed by atoms with Crippen LogP contribution in [-0.4, -0.2) is 65.1 Å². The van der Waals surface area contributed by atoms with Crippen molar-refractivity contribution in [3.63, 3.8) is 0 Å². The summed E-state index contributed by atoms with van der Waals surface area (Å²) >= 11 is 19.0. The molecule has 3 aromatic carbocycles. The first-order chi connectivity index (χ1) is 22.4. The van der Waals surface area contributed by atoms with E-state index in [1.165, 1.54) is 56.6 Å². The van der Waals surface area contributed by atoms with Crippen molar-refractivity contribution >= 4 is 62.3 Å². The highest BCUT2D eigenvalue weighted by Crippen LogP contribution is 2.37. The van der Waals surface area contributed by atoms with E-state index >= 15 is 0 Å². The number of halogens is 3. The zero-order valence-electron chi connectivity index (χ0n) is 26.6. The third-order valence-corrected chi connectivity index (χ3v) is 10.7. The van der Waals surface area contributed by atoms with E-state index in [-0.39, 0.29) is 52.0 Å². The van der Waals surface area contributed by atoms with Gasteiger partial charge in [-0.2, -0.15) is 0 Å². The minimum absolute atomic E-state index is 0.00488. The summed E-state index contributed by atoms with van der Waals surface area (Å²) in [6.45, 7) is 1.01. The first-order valence-electron chi connectivity index (χ1n) is 15.1. The van der Waals surface area contributed by atoms with Gasteiger partial charge in [-0.3, -0.25) is 13.9 Å². The van der Waals surface area contributed by atoms with Crippen molar-refractivity contribution < 1.29 is 32.2 Å². The van der Waals surface area contributed by atoms with E-state index in [0.717, 1.165) is 30.0 Å². The SMILES string of the molecule is CC[C@@H](C(=O)NC1CCCC1)N(Cc1ccc(Cl)cc1Cl)C(=O)CN(c1cc(Cl)ccc1OC)S(=O)(=O)c1ccc(OC)c(OC)c1. The van der Waals surface area contributed by atoms with E-state index in [4.69, 9.17) is 49.0 Å². The Labute approximate surface area is 290 Å². The molecule has 1 N–H and O–H groups in total. The van der Waals surface area contributed by atoms with E-state index in [0.29, 0.717) is 21.4 Å². The first-order valence-corrected chi connectivity index (χ1v) is 17.6. The van der Waals surface area contributed by atoms with Crippen LogP contribution in [0, 0.1) is 0 Å². The molecule has 1 atom stereocenters. The lowest BCUT2D eigenvalue weighted by atomic mass is 10.1. The molecule has 0 spiro atoms. The summed E-state index contributed by atoms with van der Waals surface area (Å²) in [5.41, 5.74) is 0.558. The number of methoxy groups -OCH3 is 3. The summed E-state index contributed by atoms with van der Waals surface area (Å²) in [6, 6.07) is 12.5. The molecule has 47 heavy (non-hydrogen) atoms. The van der Waals surface area contributed by atoms with Crippen LogP contribution in [0.3, 0.4) is 0 Å². The maximum absolute atomic E-state index is 14.5. The summed E-state index contributed by atoms with van der Waals surface area (Å²) in [7, 11) is -0.281. The Balaban J connectivity index is 1.82. The van der Waals surface area contributed by atoms with Crippen molar-refractivity contribution in [2.24, 2.45) is 0 Å². The van der Waals surface area contributed by atoms with Gasteiger partial charge in [-0.05, 0) is 67.3 Å². The third kappa shape index (κ3) is 8.56. The number of nitrogens with one attached hydrogen (secondary N) is 1. The Morgan fingerprint density at radius 2 is 1.49 bits per heavy atom. The van der Waals surface area contributed by atoms with Crippen LogP contribution in [0.4, 0.5) is 5.69 Å². The van der Waals surface area contributed by atoms with Crippen molar-refractivity contribution in [1.82, 2.24) is 10.2 Å². The van der Waals surface area contributed by atoms with Crippen LogP contribution in [0.1, 0.15) is 44.6 Å². The second-order valence-electron chi connectivity index (χ2n) is 11.0. The fourth-order valence-electron chi connectivity index (χ4n) is 5.60. The lowest BCUT2D eigenvalue weighted by Gasteiger charge is -2.34.